The molecule has 0 aliphatic rings. The van der Waals surface area contributed by atoms with Crippen molar-refractivity contribution >= 4 is 0 Å². The van der Waals surface area contributed by atoms with E-state index in [0.717, 1.165) is 17.7 Å². The predicted octanol–water partition coefficient (Wildman–Crippen LogP) is 3.46. The number of nitrogens with zero attached hydrogens (tertiary/aromatic N) is 2. The lowest BCUT2D eigenvalue weighted by Crippen LogP contribution is -2.31. The topological polar surface area (TPSA) is 29.9 Å². The molecular weight excluding hydrogens is 265 g/mol. The molecular formula is C17H24FN3. The number of rotatable bonds is 5. The Morgan fingerprint density at radius 1 is 1.19 bits per heavy atom. The van der Waals surface area contributed by atoms with Gasteiger partial charge in [-0.15, -0.1) is 0 Å². The molecule has 0 saturated heterocycles. The first-order chi connectivity index (χ1) is 9.88. The Balaban J connectivity index is 2.01. The van der Waals surface area contributed by atoms with Crippen LogP contribution in [-0.2, 0) is 13.5 Å². The molecule has 0 fully saturated rings. The highest BCUT2D eigenvalue weighted by Crippen LogP contribution is 2.17. The highest BCUT2D eigenvalue weighted by Gasteiger charge is 2.15. The van der Waals surface area contributed by atoms with Gasteiger partial charge in [0, 0.05) is 24.8 Å². The molecule has 3 nitrogen and oxygen atoms in total. The summed E-state index contributed by atoms with van der Waals surface area (Å²) in [7, 11) is 1.98. The summed E-state index contributed by atoms with van der Waals surface area (Å²) in [6.07, 6.45) is 0.942. The number of hydrogen-bond donors (Lipinski definition) is 1. The lowest BCUT2D eigenvalue weighted by atomic mass is 10.0. The molecule has 2 atom stereocenters. The van der Waals surface area contributed by atoms with Crippen LogP contribution in [-0.4, -0.2) is 15.8 Å². The van der Waals surface area contributed by atoms with Gasteiger partial charge in [-0.1, -0.05) is 12.1 Å². The molecule has 0 aliphatic carbocycles. The molecule has 1 heterocycles. The molecule has 114 valence electrons. The smallest absolute Gasteiger partial charge is 0.123 e. The maximum atomic E-state index is 13.0. The van der Waals surface area contributed by atoms with E-state index in [1.807, 2.05) is 23.9 Å². The predicted molar refractivity (Wildman–Crippen MR) is 83.8 cm³/mol. The molecule has 2 aromatic rings. The van der Waals surface area contributed by atoms with E-state index in [1.54, 1.807) is 0 Å². The fraction of sp³-hybridized carbons (Fsp3) is 0.471. The minimum absolute atomic E-state index is 0.192. The minimum atomic E-state index is -0.194. The van der Waals surface area contributed by atoms with Crippen LogP contribution in [0.4, 0.5) is 4.39 Å². The van der Waals surface area contributed by atoms with Crippen LogP contribution in [0.1, 0.15) is 42.4 Å². The van der Waals surface area contributed by atoms with E-state index in [2.05, 4.69) is 38.1 Å². The first-order valence-corrected chi connectivity index (χ1v) is 7.39. The summed E-state index contributed by atoms with van der Waals surface area (Å²) in [4.78, 5) is 0. The zero-order valence-electron chi connectivity index (χ0n) is 13.4. The summed E-state index contributed by atoms with van der Waals surface area (Å²) in [6, 6.07) is 7.20. The van der Waals surface area contributed by atoms with Crippen LogP contribution in [0.5, 0.6) is 0 Å². The molecule has 0 amide bonds. The van der Waals surface area contributed by atoms with Crippen LogP contribution in [0.3, 0.4) is 0 Å². The van der Waals surface area contributed by atoms with Crippen molar-refractivity contribution in [1.82, 2.24) is 15.1 Å². The van der Waals surface area contributed by atoms with Gasteiger partial charge in [0.1, 0.15) is 5.82 Å². The van der Waals surface area contributed by atoms with Crippen molar-refractivity contribution in [2.75, 3.05) is 0 Å². The number of benzene rings is 1. The molecule has 0 spiro atoms. The summed E-state index contributed by atoms with van der Waals surface area (Å²) in [6.45, 7) is 8.43. The van der Waals surface area contributed by atoms with E-state index < -0.39 is 0 Å². The SMILES string of the molecule is Cc1nn(C)c(C)c1C[C@@H](C)N[C@H](C)c1ccc(F)cc1. The molecule has 0 aliphatic heterocycles. The van der Waals surface area contributed by atoms with Crippen molar-refractivity contribution in [3.8, 4) is 0 Å². The Labute approximate surface area is 126 Å². The number of aryl methyl sites for hydroxylation is 2. The standard InChI is InChI=1S/C17H24FN3/c1-11(10-17-13(3)20-21(5)14(17)4)19-12(2)15-6-8-16(18)9-7-15/h6-9,11-12,19H,10H2,1-5H3/t11-,12-/m1/s1. The van der Waals surface area contributed by atoms with Crippen LogP contribution < -0.4 is 5.32 Å². The Morgan fingerprint density at radius 2 is 1.81 bits per heavy atom. The van der Waals surface area contributed by atoms with Gasteiger partial charge >= 0.3 is 0 Å². The zero-order valence-corrected chi connectivity index (χ0v) is 13.4. The average Bonchev–Trinajstić information content (AvgIpc) is 2.66. The van der Waals surface area contributed by atoms with Crippen molar-refractivity contribution in [3.05, 3.63) is 52.6 Å². The van der Waals surface area contributed by atoms with Gasteiger partial charge < -0.3 is 5.32 Å². The summed E-state index contributed by atoms with van der Waals surface area (Å²) < 4.78 is 14.9. The van der Waals surface area contributed by atoms with E-state index in [4.69, 9.17) is 0 Å². The Bertz CT molecular complexity index is 601. The molecule has 0 bridgehead atoms. The Hall–Kier alpha value is -1.68. The molecule has 1 aromatic heterocycles. The second-order valence-corrected chi connectivity index (χ2v) is 5.82. The molecule has 2 rings (SSSR count). The normalized spacial score (nSPS) is 14.2. The van der Waals surface area contributed by atoms with Gasteiger partial charge in [0.05, 0.1) is 5.69 Å². The maximum absolute atomic E-state index is 13.0. The van der Waals surface area contributed by atoms with E-state index in [0.29, 0.717) is 6.04 Å². The van der Waals surface area contributed by atoms with Gasteiger partial charge in [0.15, 0.2) is 0 Å². The fourth-order valence-electron chi connectivity index (χ4n) is 2.75. The third-order valence-corrected chi connectivity index (χ3v) is 4.07. The molecule has 21 heavy (non-hydrogen) atoms. The molecule has 0 radical (unpaired) electrons. The summed E-state index contributed by atoms with van der Waals surface area (Å²) in [5.74, 6) is -0.194. The van der Waals surface area contributed by atoms with Crippen molar-refractivity contribution in [2.24, 2.45) is 7.05 Å². The summed E-state index contributed by atoms with van der Waals surface area (Å²) in [5, 5.41) is 8.03. The second kappa shape index (κ2) is 6.39. The van der Waals surface area contributed by atoms with Crippen LogP contribution >= 0.6 is 0 Å². The molecule has 1 N–H and O–H groups in total. The fourth-order valence-corrected chi connectivity index (χ4v) is 2.75. The third-order valence-electron chi connectivity index (χ3n) is 4.07. The summed E-state index contributed by atoms with van der Waals surface area (Å²) in [5.41, 5.74) is 4.72. The van der Waals surface area contributed by atoms with Crippen LogP contribution in [0.15, 0.2) is 24.3 Å². The van der Waals surface area contributed by atoms with Crippen LogP contribution in [0.25, 0.3) is 0 Å². The highest BCUT2D eigenvalue weighted by molar-refractivity contribution is 5.25. The molecule has 1 aromatic carbocycles. The van der Waals surface area contributed by atoms with Gasteiger partial charge in [-0.25, -0.2) is 4.39 Å². The number of aromatic nitrogens is 2. The van der Waals surface area contributed by atoms with Crippen molar-refractivity contribution in [2.45, 2.75) is 46.2 Å². The molecule has 4 heteroatoms. The van der Waals surface area contributed by atoms with Crippen molar-refractivity contribution in [3.63, 3.8) is 0 Å². The van der Waals surface area contributed by atoms with E-state index >= 15 is 0 Å². The van der Waals surface area contributed by atoms with Crippen molar-refractivity contribution in [1.29, 1.82) is 0 Å². The Kier molecular flexibility index (Phi) is 4.78. The number of hydrogen-bond acceptors (Lipinski definition) is 2. The first kappa shape index (κ1) is 15.7. The molecule has 0 saturated carbocycles. The largest absolute Gasteiger partial charge is 0.307 e. The highest BCUT2D eigenvalue weighted by atomic mass is 19.1. The number of nitrogens with one attached hydrogen (secondary N) is 1. The Morgan fingerprint density at radius 3 is 2.33 bits per heavy atom. The van der Waals surface area contributed by atoms with E-state index in [-0.39, 0.29) is 11.9 Å². The lowest BCUT2D eigenvalue weighted by molar-refractivity contribution is 0.475. The first-order valence-electron chi connectivity index (χ1n) is 7.39. The van der Waals surface area contributed by atoms with Gasteiger partial charge in [-0.2, -0.15) is 5.10 Å². The van der Waals surface area contributed by atoms with E-state index in [9.17, 15) is 4.39 Å². The van der Waals surface area contributed by atoms with Gasteiger partial charge in [-0.3, -0.25) is 4.68 Å². The minimum Gasteiger partial charge on any atom is -0.307 e. The zero-order chi connectivity index (χ0) is 15.6. The summed E-state index contributed by atoms with van der Waals surface area (Å²) >= 11 is 0. The molecule has 0 unspecified atom stereocenters. The second-order valence-electron chi connectivity index (χ2n) is 5.82. The van der Waals surface area contributed by atoms with Gasteiger partial charge in [0.2, 0.25) is 0 Å². The van der Waals surface area contributed by atoms with Crippen LogP contribution in [0, 0.1) is 19.7 Å². The lowest BCUT2D eigenvalue weighted by Gasteiger charge is -2.20. The van der Waals surface area contributed by atoms with Crippen molar-refractivity contribution < 1.29 is 4.39 Å². The average molecular weight is 289 g/mol. The van der Waals surface area contributed by atoms with Gasteiger partial charge in [-0.05, 0) is 57.4 Å². The van der Waals surface area contributed by atoms with Crippen LogP contribution in [0.2, 0.25) is 0 Å². The van der Waals surface area contributed by atoms with E-state index in [1.165, 1.54) is 23.4 Å². The number of halogens is 1. The van der Waals surface area contributed by atoms with Gasteiger partial charge in [0.25, 0.3) is 0 Å². The third kappa shape index (κ3) is 3.70. The quantitative estimate of drug-likeness (QED) is 0.913. The maximum Gasteiger partial charge on any atom is 0.123 e. The monoisotopic (exact) mass is 289 g/mol.